The van der Waals surface area contributed by atoms with Gasteiger partial charge in [0.1, 0.15) is 0 Å². The molecule has 140 valence electrons. The van der Waals surface area contributed by atoms with Crippen molar-refractivity contribution < 1.29 is 9.59 Å². The third-order valence-electron chi connectivity index (χ3n) is 4.66. The van der Waals surface area contributed by atoms with Crippen molar-refractivity contribution >= 4 is 57.8 Å². The van der Waals surface area contributed by atoms with Gasteiger partial charge in [-0.1, -0.05) is 41.6 Å². The molecular formula is C22H16ClNO2S2. The molecule has 6 heteroatoms. The van der Waals surface area contributed by atoms with Crippen LogP contribution in [0, 0.1) is 13.8 Å². The highest BCUT2D eigenvalue weighted by atomic mass is 35.5. The van der Waals surface area contributed by atoms with Crippen LogP contribution in [0.3, 0.4) is 0 Å². The number of hydrogen-bond donors (Lipinski definition) is 0. The number of thioether (sulfide) groups is 1. The lowest BCUT2D eigenvalue weighted by molar-refractivity contribution is -0.119. The van der Waals surface area contributed by atoms with Crippen LogP contribution < -0.4 is 4.90 Å². The number of carbonyl (C=O) groups excluding carboxylic acids is 2. The standard InChI is InChI=1S/C22H16ClNO2S2/c1-13-5-3-6-17(14(13)2)24-21(25)19(18-7-4-12-27-18)20(22(24)26)28-16-10-8-15(23)9-11-16/h3-12H,1-2H3. The van der Waals surface area contributed by atoms with E-state index in [0.29, 0.717) is 21.2 Å². The van der Waals surface area contributed by atoms with Crippen LogP contribution in [0.2, 0.25) is 5.02 Å². The van der Waals surface area contributed by atoms with E-state index in [9.17, 15) is 9.59 Å². The van der Waals surface area contributed by atoms with Crippen molar-refractivity contribution in [2.45, 2.75) is 18.7 Å². The molecule has 0 saturated heterocycles. The van der Waals surface area contributed by atoms with Gasteiger partial charge < -0.3 is 0 Å². The van der Waals surface area contributed by atoms with Gasteiger partial charge in [-0.05, 0) is 66.8 Å². The molecule has 0 atom stereocenters. The largest absolute Gasteiger partial charge is 0.272 e. The van der Waals surface area contributed by atoms with Crippen LogP contribution in [-0.4, -0.2) is 11.8 Å². The van der Waals surface area contributed by atoms with Crippen molar-refractivity contribution in [3.8, 4) is 0 Å². The maximum Gasteiger partial charge on any atom is 0.272 e. The molecule has 4 rings (SSSR count). The first-order chi connectivity index (χ1) is 13.5. The fraction of sp³-hybridized carbons (Fsp3) is 0.0909. The average molecular weight is 426 g/mol. The summed E-state index contributed by atoms with van der Waals surface area (Å²) in [5.41, 5.74) is 3.05. The Labute approximate surface area is 176 Å². The van der Waals surface area contributed by atoms with Crippen LogP contribution in [0.15, 0.2) is 69.8 Å². The van der Waals surface area contributed by atoms with Crippen LogP contribution in [0.25, 0.3) is 5.57 Å². The number of thiophene rings is 1. The Morgan fingerprint density at radius 2 is 1.68 bits per heavy atom. The predicted octanol–water partition coefficient (Wildman–Crippen LogP) is 6.10. The molecule has 28 heavy (non-hydrogen) atoms. The summed E-state index contributed by atoms with van der Waals surface area (Å²) in [5.74, 6) is -0.570. The van der Waals surface area contributed by atoms with Gasteiger partial charge in [-0.3, -0.25) is 9.59 Å². The average Bonchev–Trinajstić information content (AvgIpc) is 3.27. The van der Waals surface area contributed by atoms with Gasteiger partial charge >= 0.3 is 0 Å². The smallest absolute Gasteiger partial charge is 0.268 e. The van der Waals surface area contributed by atoms with Crippen LogP contribution in [-0.2, 0) is 9.59 Å². The van der Waals surface area contributed by atoms with E-state index in [1.54, 1.807) is 12.1 Å². The van der Waals surface area contributed by atoms with Crippen LogP contribution >= 0.6 is 34.7 Å². The molecule has 0 bridgehead atoms. The molecule has 0 aliphatic carbocycles. The molecule has 0 saturated carbocycles. The van der Waals surface area contributed by atoms with Gasteiger partial charge in [-0.15, -0.1) is 11.3 Å². The van der Waals surface area contributed by atoms with Crippen molar-refractivity contribution in [1.82, 2.24) is 0 Å². The Hall–Kier alpha value is -2.34. The maximum absolute atomic E-state index is 13.4. The lowest BCUT2D eigenvalue weighted by Crippen LogP contribution is -2.32. The number of anilines is 1. The van der Waals surface area contributed by atoms with Crippen molar-refractivity contribution in [3.63, 3.8) is 0 Å². The molecule has 1 aliphatic rings. The number of aryl methyl sites for hydroxylation is 1. The van der Waals surface area contributed by atoms with E-state index in [0.717, 1.165) is 20.9 Å². The van der Waals surface area contributed by atoms with Gasteiger partial charge in [0.15, 0.2) is 0 Å². The Balaban J connectivity index is 1.82. The number of halogens is 1. The summed E-state index contributed by atoms with van der Waals surface area (Å²) in [4.78, 5) is 30.1. The summed E-state index contributed by atoms with van der Waals surface area (Å²) >= 11 is 8.73. The molecule has 2 aromatic carbocycles. The highest BCUT2D eigenvalue weighted by Gasteiger charge is 2.41. The lowest BCUT2D eigenvalue weighted by Gasteiger charge is -2.18. The molecular weight excluding hydrogens is 410 g/mol. The summed E-state index contributed by atoms with van der Waals surface area (Å²) in [6, 6.07) is 16.7. The first-order valence-corrected chi connectivity index (χ1v) is 10.7. The lowest BCUT2D eigenvalue weighted by atomic mass is 10.1. The summed E-state index contributed by atoms with van der Waals surface area (Å²) in [6.45, 7) is 3.90. The SMILES string of the molecule is Cc1cccc(N2C(=O)C(Sc3ccc(Cl)cc3)=C(c3cccs3)C2=O)c1C. The molecule has 0 unspecified atom stereocenters. The van der Waals surface area contributed by atoms with Gasteiger partial charge in [-0.2, -0.15) is 0 Å². The zero-order chi connectivity index (χ0) is 19.8. The zero-order valence-electron chi connectivity index (χ0n) is 15.2. The number of rotatable bonds is 4. The van der Waals surface area contributed by atoms with E-state index >= 15 is 0 Å². The van der Waals surface area contributed by atoms with E-state index in [-0.39, 0.29) is 11.8 Å². The molecule has 1 aliphatic heterocycles. The monoisotopic (exact) mass is 425 g/mol. The number of hydrogen-bond acceptors (Lipinski definition) is 4. The van der Waals surface area contributed by atoms with Crippen LogP contribution in [0.4, 0.5) is 5.69 Å². The summed E-state index contributed by atoms with van der Waals surface area (Å²) in [6.07, 6.45) is 0. The number of benzene rings is 2. The highest BCUT2D eigenvalue weighted by molar-refractivity contribution is 8.04. The Morgan fingerprint density at radius 3 is 2.36 bits per heavy atom. The molecule has 2 amide bonds. The second-order valence-electron chi connectivity index (χ2n) is 6.40. The van der Waals surface area contributed by atoms with E-state index in [4.69, 9.17) is 11.6 Å². The van der Waals surface area contributed by atoms with E-state index in [2.05, 4.69) is 0 Å². The third kappa shape index (κ3) is 3.30. The zero-order valence-corrected chi connectivity index (χ0v) is 17.6. The van der Waals surface area contributed by atoms with Gasteiger partial charge in [0.2, 0.25) is 0 Å². The summed E-state index contributed by atoms with van der Waals surface area (Å²) in [5, 5.41) is 2.54. The van der Waals surface area contributed by atoms with Gasteiger partial charge in [-0.25, -0.2) is 4.90 Å². The number of nitrogens with zero attached hydrogens (tertiary/aromatic N) is 1. The van der Waals surface area contributed by atoms with E-state index < -0.39 is 0 Å². The molecule has 1 aromatic heterocycles. The molecule has 0 spiro atoms. The maximum atomic E-state index is 13.4. The number of imide groups is 1. The molecule has 3 aromatic rings. The number of carbonyl (C=O) groups is 2. The molecule has 2 heterocycles. The normalized spacial score (nSPS) is 14.3. The Morgan fingerprint density at radius 1 is 0.929 bits per heavy atom. The van der Waals surface area contributed by atoms with Crippen molar-refractivity contribution in [3.05, 3.63) is 85.9 Å². The van der Waals surface area contributed by atoms with E-state index in [1.165, 1.54) is 28.0 Å². The van der Waals surface area contributed by atoms with Crippen LogP contribution in [0.1, 0.15) is 16.0 Å². The minimum absolute atomic E-state index is 0.280. The minimum Gasteiger partial charge on any atom is -0.268 e. The summed E-state index contributed by atoms with van der Waals surface area (Å²) < 4.78 is 0. The second kappa shape index (κ2) is 7.59. The first-order valence-electron chi connectivity index (χ1n) is 8.64. The van der Waals surface area contributed by atoms with Crippen LogP contribution in [0.5, 0.6) is 0 Å². The third-order valence-corrected chi connectivity index (χ3v) is 6.89. The molecule has 0 radical (unpaired) electrons. The second-order valence-corrected chi connectivity index (χ2v) is 8.87. The predicted molar refractivity (Wildman–Crippen MR) is 117 cm³/mol. The topological polar surface area (TPSA) is 37.4 Å². The highest BCUT2D eigenvalue weighted by Crippen LogP contribution is 2.43. The molecule has 3 nitrogen and oxygen atoms in total. The summed E-state index contributed by atoms with van der Waals surface area (Å²) in [7, 11) is 0. The van der Waals surface area contributed by atoms with Crippen molar-refractivity contribution in [1.29, 1.82) is 0 Å². The van der Waals surface area contributed by atoms with Crippen molar-refractivity contribution in [2.24, 2.45) is 0 Å². The van der Waals surface area contributed by atoms with Crippen molar-refractivity contribution in [2.75, 3.05) is 4.90 Å². The van der Waals surface area contributed by atoms with Gasteiger partial charge in [0, 0.05) is 14.8 Å². The Kier molecular flexibility index (Phi) is 5.15. The fourth-order valence-electron chi connectivity index (χ4n) is 3.06. The molecule has 0 fully saturated rings. The quantitative estimate of drug-likeness (QED) is 0.474. The van der Waals surface area contributed by atoms with E-state index in [1.807, 2.05) is 61.7 Å². The Bertz CT molecular complexity index is 1100. The van der Waals surface area contributed by atoms with Gasteiger partial charge in [0.25, 0.3) is 11.8 Å². The molecule has 0 N–H and O–H groups in total. The van der Waals surface area contributed by atoms with Gasteiger partial charge in [0.05, 0.1) is 16.2 Å². The first kappa shape index (κ1) is 19.0. The minimum atomic E-state index is -0.290. The fourth-order valence-corrected chi connectivity index (χ4v) is 5.00. The number of amides is 2.